The lowest BCUT2D eigenvalue weighted by Gasteiger charge is -2.29. The Hall–Kier alpha value is -3.07. The van der Waals surface area contributed by atoms with Gasteiger partial charge in [0.25, 0.3) is 0 Å². The van der Waals surface area contributed by atoms with E-state index in [1.165, 1.54) is 10.6 Å². The number of hydrogen-bond acceptors (Lipinski definition) is 5. The average Bonchev–Trinajstić information content (AvgIpc) is 2.87. The third-order valence-electron chi connectivity index (χ3n) is 6.01. The Morgan fingerprint density at radius 1 is 1.00 bits per heavy atom. The molecule has 1 atom stereocenters. The van der Waals surface area contributed by atoms with E-state index in [-0.39, 0.29) is 31.3 Å². The fourth-order valence-corrected chi connectivity index (χ4v) is 4.77. The maximum Gasteiger partial charge on any atom is 0.242 e. The topological polar surface area (TPSA) is 96.0 Å². The number of anilines is 1. The molecule has 0 saturated carbocycles. The fraction of sp³-hybridized carbons (Fsp3) is 0.481. The summed E-state index contributed by atoms with van der Waals surface area (Å²) in [5, 5.41) is 2.86. The molecule has 0 saturated heterocycles. The van der Waals surface area contributed by atoms with Crippen LogP contribution in [0.4, 0.5) is 5.69 Å². The van der Waals surface area contributed by atoms with E-state index in [0.29, 0.717) is 24.4 Å². The van der Waals surface area contributed by atoms with Crippen molar-refractivity contribution in [2.45, 2.75) is 59.0 Å². The van der Waals surface area contributed by atoms with Crippen molar-refractivity contribution in [1.82, 2.24) is 10.2 Å². The number of ether oxygens (including phenoxy) is 1. The average molecular weight is 518 g/mol. The molecule has 0 aliphatic carbocycles. The number of sulfonamides is 1. The minimum Gasteiger partial charge on any atom is -0.497 e. The van der Waals surface area contributed by atoms with Crippen LogP contribution >= 0.6 is 0 Å². The second-order valence-electron chi connectivity index (χ2n) is 8.80. The van der Waals surface area contributed by atoms with Crippen molar-refractivity contribution in [3.63, 3.8) is 0 Å². The van der Waals surface area contributed by atoms with Gasteiger partial charge in [0.05, 0.1) is 19.1 Å². The molecule has 0 aliphatic rings. The zero-order chi connectivity index (χ0) is 26.7. The van der Waals surface area contributed by atoms with E-state index in [0.717, 1.165) is 24.0 Å². The Labute approximate surface area is 215 Å². The lowest BCUT2D eigenvalue weighted by atomic mass is 10.1. The van der Waals surface area contributed by atoms with Crippen molar-refractivity contribution in [1.29, 1.82) is 0 Å². The molecule has 0 bridgehead atoms. The van der Waals surface area contributed by atoms with Crippen LogP contribution in [-0.2, 0) is 32.6 Å². The summed E-state index contributed by atoms with van der Waals surface area (Å²) in [4.78, 5) is 27.5. The molecule has 0 radical (unpaired) electrons. The van der Waals surface area contributed by atoms with Crippen molar-refractivity contribution < 1.29 is 22.7 Å². The van der Waals surface area contributed by atoms with E-state index in [9.17, 15) is 18.0 Å². The van der Waals surface area contributed by atoms with Crippen LogP contribution in [0.25, 0.3) is 0 Å². The second kappa shape index (κ2) is 13.9. The van der Waals surface area contributed by atoms with Crippen LogP contribution in [0, 0.1) is 0 Å². The smallest absolute Gasteiger partial charge is 0.242 e. The molecule has 8 nitrogen and oxygen atoms in total. The van der Waals surface area contributed by atoms with Crippen molar-refractivity contribution in [2.75, 3.05) is 30.8 Å². The number of rotatable bonds is 14. The first-order valence-electron chi connectivity index (χ1n) is 12.4. The SMILES string of the molecule is CCCNC(=O)[C@H](C)N(Cc1ccc(OC)cc1)C(=O)CCCN(c1ccc(CC)cc1)S(C)(=O)=O. The van der Waals surface area contributed by atoms with Gasteiger partial charge in [-0.1, -0.05) is 38.1 Å². The van der Waals surface area contributed by atoms with Crippen LogP contribution in [0.1, 0.15) is 51.2 Å². The summed E-state index contributed by atoms with van der Waals surface area (Å²) in [6, 6.07) is 14.1. The maximum atomic E-state index is 13.3. The van der Waals surface area contributed by atoms with Gasteiger partial charge in [-0.2, -0.15) is 0 Å². The van der Waals surface area contributed by atoms with Gasteiger partial charge in [0.1, 0.15) is 11.8 Å². The Kier molecular flexibility index (Phi) is 11.2. The minimum atomic E-state index is -3.52. The fourth-order valence-electron chi connectivity index (χ4n) is 3.81. The predicted molar refractivity (Wildman–Crippen MR) is 144 cm³/mol. The highest BCUT2D eigenvalue weighted by molar-refractivity contribution is 7.92. The molecule has 2 amide bonds. The minimum absolute atomic E-state index is 0.112. The van der Waals surface area contributed by atoms with E-state index in [1.807, 2.05) is 50.2 Å². The van der Waals surface area contributed by atoms with Gasteiger partial charge >= 0.3 is 0 Å². The lowest BCUT2D eigenvalue weighted by Crippen LogP contribution is -2.47. The van der Waals surface area contributed by atoms with Crippen LogP contribution in [0.15, 0.2) is 48.5 Å². The van der Waals surface area contributed by atoms with Crippen molar-refractivity contribution in [3.8, 4) is 5.75 Å². The number of aryl methyl sites for hydroxylation is 1. The third-order valence-corrected chi connectivity index (χ3v) is 7.21. The summed E-state index contributed by atoms with van der Waals surface area (Å²) < 4.78 is 31.4. The largest absolute Gasteiger partial charge is 0.497 e. The van der Waals surface area contributed by atoms with Gasteiger partial charge in [0.15, 0.2) is 0 Å². The molecule has 2 aromatic rings. The van der Waals surface area contributed by atoms with Gasteiger partial charge in [-0.05, 0) is 61.6 Å². The molecule has 9 heteroatoms. The molecule has 0 heterocycles. The van der Waals surface area contributed by atoms with E-state index < -0.39 is 16.1 Å². The molecule has 1 N–H and O–H groups in total. The summed E-state index contributed by atoms with van der Waals surface area (Å²) in [6.07, 6.45) is 3.26. The number of carbonyl (C=O) groups excluding carboxylic acids is 2. The summed E-state index contributed by atoms with van der Waals surface area (Å²) in [5.74, 6) is 0.283. The van der Waals surface area contributed by atoms with Gasteiger partial charge < -0.3 is 15.0 Å². The molecule has 0 aromatic heterocycles. The first-order chi connectivity index (χ1) is 17.1. The highest BCUT2D eigenvalue weighted by atomic mass is 32.2. The van der Waals surface area contributed by atoms with Crippen LogP contribution in [0.5, 0.6) is 5.75 Å². The van der Waals surface area contributed by atoms with Gasteiger partial charge in [-0.25, -0.2) is 8.42 Å². The molecular formula is C27H39N3O5S. The number of benzene rings is 2. The standard InChI is InChI=1S/C27H39N3O5S/c1-6-18-28-27(32)21(3)29(20-23-12-16-25(35-4)17-13-23)26(31)9-8-19-30(36(5,33)34)24-14-10-22(7-2)11-15-24/h10-17,21H,6-9,18-20H2,1-5H3,(H,28,32)/t21-/m0/s1. The maximum absolute atomic E-state index is 13.3. The highest BCUT2D eigenvalue weighted by Crippen LogP contribution is 2.20. The Bertz CT molecular complexity index is 1090. The van der Waals surface area contributed by atoms with Crippen LogP contribution in [0.2, 0.25) is 0 Å². The van der Waals surface area contributed by atoms with Gasteiger partial charge in [-0.3, -0.25) is 13.9 Å². The van der Waals surface area contributed by atoms with E-state index in [1.54, 1.807) is 31.1 Å². The molecule has 2 rings (SSSR count). The molecule has 36 heavy (non-hydrogen) atoms. The monoisotopic (exact) mass is 517 g/mol. The normalized spacial score (nSPS) is 12.0. The molecule has 0 aliphatic heterocycles. The first kappa shape index (κ1) is 29.2. The number of methoxy groups -OCH3 is 1. The zero-order valence-corrected chi connectivity index (χ0v) is 22.8. The van der Waals surface area contributed by atoms with Gasteiger partial charge in [0, 0.05) is 26.1 Å². The first-order valence-corrected chi connectivity index (χ1v) is 14.2. The second-order valence-corrected chi connectivity index (χ2v) is 10.7. The molecular weight excluding hydrogens is 478 g/mol. The Morgan fingerprint density at radius 3 is 2.14 bits per heavy atom. The number of hydrogen-bond donors (Lipinski definition) is 1. The summed E-state index contributed by atoms with van der Waals surface area (Å²) in [6.45, 7) is 6.68. The quantitative estimate of drug-likeness (QED) is 0.412. The zero-order valence-electron chi connectivity index (χ0n) is 22.0. The summed E-state index contributed by atoms with van der Waals surface area (Å²) in [5.41, 5.74) is 2.56. The van der Waals surface area contributed by atoms with Crippen LogP contribution < -0.4 is 14.4 Å². The third kappa shape index (κ3) is 8.55. The molecule has 0 spiro atoms. The molecule has 198 valence electrons. The van der Waals surface area contributed by atoms with E-state index in [4.69, 9.17) is 4.74 Å². The van der Waals surface area contributed by atoms with Crippen molar-refractivity contribution >= 4 is 27.5 Å². The van der Waals surface area contributed by atoms with Crippen LogP contribution in [0.3, 0.4) is 0 Å². The Balaban J connectivity index is 2.15. The van der Waals surface area contributed by atoms with Gasteiger partial charge in [0.2, 0.25) is 21.8 Å². The lowest BCUT2D eigenvalue weighted by molar-refractivity contribution is -0.140. The Morgan fingerprint density at radius 2 is 1.61 bits per heavy atom. The molecule has 0 fully saturated rings. The number of amides is 2. The summed E-state index contributed by atoms with van der Waals surface area (Å²) >= 11 is 0. The number of carbonyl (C=O) groups is 2. The summed E-state index contributed by atoms with van der Waals surface area (Å²) in [7, 11) is -1.93. The molecule has 0 unspecified atom stereocenters. The van der Waals surface area contributed by atoms with E-state index >= 15 is 0 Å². The van der Waals surface area contributed by atoms with Crippen LogP contribution in [-0.4, -0.2) is 57.6 Å². The van der Waals surface area contributed by atoms with Crippen molar-refractivity contribution in [3.05, 3.63) is 59.7 Å². The number of nitrogens with zero attached hydrogens (tertiary/aromatic N) is 2. The van der Waals surface area contributed by atoms with E-state index in [2.05, 4.69) is 5.32 Å². The predicted octanol–water partition coefficient (Wildman–Crippen LogP) is 3.75. The van der Waals surface area contributed by atoms with Crippen molar-refractivity contribution in [2.24, 2.45) is 0 Å². The van der Waals surface area contributed by atoms with Gasteiger partial charge in [-0.15, -0.1) is 0 Å². The molecule has 2 aromatic carbocycles. The highest BCUT2D eigenvalue weighted by Gasteiger charge is 2.26. The number of nitrogens with one attached hydrogen (secondary N) is 1.